The summed E-state index contributed by atoms with van der Waals surface area (Å²) in [6.07, 6.45) is 6.31. The molecule has 0 saturated carbocycles. The van der Waals surface area contributed by atoms with Crippen LogP contribution in [0.2, 0.25) is 0 Å². The quantitative estimate of drug-likeness (QED) is 0.00911. The molecule has 0 bridgehead atoms. The number of rotatable bonds is 51. The number of nitrogens with zero attached hydrogens (tertiary/aromatic N) is 3. The summed E-state index contributed by atoms with van der Waals surface area (Å²) in [5, 5.41) is 3.00. The number of aryl methyl sites for hydroxylation is 1. The van der Waals surface area contributed by atoms with Crippen molar-refractivity contribution in [3.63, 3.8) is 0 Å². The first-order valence-corrected chi connectivity index (χ1v) is 57.3. The molecule has 0 amide bonds. The summed E-state index contributed by atoms with van der Waals surface area (Å²) >= 11 is 49.4. The largest absolute Gasteiger partial charge is 0.465 e. The lowest BCUT2D eigenvalue weighted by atomic mass is 10.1. The molecule has 0 heterocycles. The highest BCUT2D eigenvalue weighted by molar-refractivity contribution is 9.40. The highest BCUT2D eigenvalue weighted by atomic mass is 80.0. The first kappa shape index (κ1) is 140. The highest BCUT2D eigenvalue weighted by Gasteiger charge is 2.32. The summed E-state index contributed by atoms with van der Waals surface area (Å²) < 4.78 is 47.0. The molecule has 0 radical (unpaired) electrons. The van der Waals surface area contributed by atoms with E-state index in [9.17, 15) is 43.2 Å². The van der Waals surface area contributed by atoms with Gasteiger partial charge in [-0.1, -0.05) is 385 Å². The molecule has 0 spiro atoms. The highest BCUT2D eigenvalue weighted by Crippen LogP contribution is 2.35. The standard InChI is InChI=1S/C19H22BrNO2.C17H17BrO2.C12H23Br2NO2.C12H16BrNO2.C10H19Br2NO2.C6H12Br2N2O2.C6H11Br2NO3.C5H8Br3NO2.C4H7Br2NO2/c1-16(20)19(22)23-13-12-21(14-17-8-4-2-5-9-17)15-18-10-6-3-7-11-18;18-16(15-11-5-2-6-12-15)17(19)20-13-7-10-14-8-3-1-4-9-14;1-3-5-7-15(8-6-4-2)9-10-17-12(16)11(13)14;1-12(2,8-14)16-11(15)10(13)9-6-4-3-5-7-9;1-7(2)13(8(3)4)5-6-15-10(14)9(11)12;7-5(8)6(11)12-4-3-10-2-1-9;7-5(8)6(10)12-4-3-11-2-1-9;1-3(2-9)11-4(10)5(6,7)8;5-3(6)4(8)9-2-1-7/h2-11,16H,12-15H2,1H3;1-6,8-9,11-12,16H,7,10,13H2;11H,3-10H2,1-2H3;3-7,10H,8,14H2,1-2H3;7-9H,5-6H2,1-4H3;5,10H,1-4,9H2;5H,1-4,9H2;3H,2,9H2,1H3;3H,1-2,7H2. The molecule has 0 aliphatic rings. The van der Waals surface area contributed by atoms with Crippen LogP contribution in [0.1, 0.15) is 139 Å². The number of nitrogens with one attached hydrogen (secondary N) is 1. The van der Waals surface area contributed by atoms with Crippen LogP contribution >= 0.6 is 255 Å². The van der Waals surface area contributed by atoms with Gasteiger partial charge in [-0.15, -0.1) is 0 Å². The molecule has 5 aromatic carbocycles. The van der Waals surface area contributed by atoms with Crippen molar-refractivity contribution in [1.29, 1.82) is 0 Å². The Bertz CT molecular complexity index is 3720. The summed E-state index contributed by atoms with van der Waals surface area (Å²) in [5.41, 5.74) is 31.2. The predicted molar refractivity (Wildman–Crippen MR) is 599 cm³/mol. The van der Waals surface area contributed by atoms with Crippen molar-refractivity contribution in [2.45, 2.75) is 180 Å². The molecule has 5 rings (SSSR count). The van der Waals surface area contributed by atoms with Crippen LogP contribution in [-0.2, 0) is 110 Å². The number of nitrogens with two attached hydrogens (primary N) is 5. The van der Waals surface area contributed by atoms with E-state index in [1.54, 1.807) is 27.7 Å². The Kier molecular flexibility index (Phi) is 93.4. The summed E-state index contributed by atoms with van der Waals surface area (Å²) in [4.78, 5) is 107. The molecule has 770 valence electrons. The third kappa shape index (κ3) is 82.5. The number of hydrogen-bond donors (Lipinski definition) is 6. The lowest BCUT2D eigenvalue weighted by Crippen LogP contribution is -2.39. The van der Waals surface area contributed by atoms with Gasteiger partial charge in [0.25, 0.3) is 0 Å². The van der Waals surface area contributed by atoms with E-state index in [0.29, 0.717) is 104 Å². The zero-order valence-electron chi connectivity index (χ0n) is 77.8. The van der Waals surface area contributed by atoms with Crippen LogP contribution < -0.4 is 34.0 Å². The molecule has 0 saturated heterocycles. The van der Waals surface area contributed by atoms with Gasteiger partial charge in [-0.25, -0.2) is 28.8 Å². The van der Waals surface area contributed by atoms with Crippen LogP contribution in [0.4, 0.5) is 0 Å². The minimum absolute atomic E-state index is 0.218. The van der Waals surface area contributed by atoms with Gasteiger partial charge in [-0.2, -0.15) is 0 Å². The Morgan fingerprint density at radius 1 is 0.370 bits per heavy atom. The number of carbonyl (C=O) groups excluding carboxylic acids is 9. The molecule has 28 nitrogen and oxygen atoms in total. The van der Waals surface area contributed by atoms with Crippen LogP contribution in [0.15, 0.2) is 152 Å². The predicted octanol–water partition coefficient (Wildman–Crippen LogP) is 20.2. The van der Waals surface area contributed by atoms with Crippen molar-refractivity contribution in [3.8, 4) is 0 Å². The Hall–Kier alpha value is -1.39. The topological polar surface area (TPSA) is 398 Å². The van der Waals surface area contributed by atoms with Crippen molar-refractivity contribution in [3.05, 3.63) is 179 Å². The Balaban J connectivity index is -0.000000725. The molecule has 5 aromatic rings. The van der Waals surface area contributed by atoms with Gasteiger partial charge in [0.15, 0.2) is 18.7 Å². The average Bonchev–Trinajstić information content (AvgIpc) is 0.858. The summed E-state index contributed by atoms with van der Waals surface area (Å²) in [7, 11) is 0. The summed E-state index contributed by atoms with van der Waals surface area (Å²) in [5.74, 6) is -2.76. The molecule has 4 unspecified atom stereocenters. The van der Waals surface area contributed by atoms with Gasteiger partial charge in [-0.3, -0.25) is 29.1 Å². The van der Waals surface area contributed by atoms with E-state index in [-0.39, 0.29) is 76.7 Å². The van der Waals surface area contributed by atoms with E-state index in [0.717, 1.165) is 69.8 Å². The van der Waals surface area contributed by atoms with Gasteiger partial charge >= 0.3 is 53.7 Å². The van der Waals surface area contributed by atoms with Crippen molar-refractivity contribution >= 4 is 309 Å². The van der Waals surface area contributed by atoms with Gasteiger partial charge in [0, 0.05) is 90.6 Å². The van der Waals surface area contributed by atoms with E-state index in [4.69, 9.17) is 71.3 Å². The fraction of sp³-hybridized carbons (Fsp3) is 0.571. The number of unbranched alkanes of at least 4 members (excludes halogenated alkanes) is 2. The molecular formula is C91H135Br16N9O19. The van der Waals surface area contributed by atoms with E-state index in [1.165, 1.54) is 42.4 Å². The Morgan fingerprint density at radius 3 is 1.09 bits per heavy atom. The third-order valence-electron chi connectivity index (χ3n) is 16.6. The zero-order valence-corrected chi connectivity index (χ0v) is 103. The van der Waals surface area contributed by atoms with Crippen molar-refractivity contribution < 1.29 is 90.5 Å². The molecule has 0 aromatic heterocycles. The Labute approximate surface area is 934 Å². The van der Waals surface area contributed by atoms with Gasteiger partial charge in [-0.05, 0) is 170 Å². The van der Waals surface area contributed by atoms with E-state index < -0.39 is 37.2 Å². The molecule has 11 N–H and O–H groups in total. The average molecular weight is 2940 g/mol. The number of ether oxygens (including phenoxy) is 10. The normalized spacial score (nSPS) is 11.8. The number of halogens is 16. The van der Waals surface area contributed by atoms with Crippen LogP contribution in [0.3, 0.4) is 0 Å². The van der Waals surface area contributed by atoms with Crippen molar-refractivity contribution in [1.82, 2.24) is 20.0 Å². The number of carbonyl (C=O) groups is 9. The maximum Gasteiger partial charge on any atom is 0.345 e. The first-order chi connectivity index (χ1) is 63.8. The molecule has 0 aliphatic heterocycles. The van der Waals surface area contributed by atoms with Gasteiger partial charge < -0.3 is 81.4 Å². The third-order valence-corrected chi connectivity index (χ3v) is 23.5. The van der Waals surface area contributed by atoms with Crippen molar-refractivity contribution in [2.24, 2.45) is 28.7 Å². The maximum atomic E-state index is 11.9. The van der Waals surface area contributed by atoms with Crippen LogP contribution in [0.5, 0.6) is 0 Å². The monoisotopic (exact) mass is 2920 g/mol. The SMILES string of the molecule is CC(Br)C(=O)OCCN(Cc1ccccc1)Cc1ccccc1.CC(C)(CN)OC(=O)C(Br)c1ccccc1.CC(C)N(CCOC(=O)C(Br)Br)C(C)C.CC(CN)OC(=O)C(Br)(Br)Br.CCCCN(CCCC)CCOC(=O)C(Br)Br.NCCNCCOC(=O)C(Br)Br.NCCOC(=O)C(Br)Br.NCCOCCOC(=O)C(Br)Br.O=C(OCCCc1ccccc1)C(Br)c1ccccc1. The van der Waals surface area contributed by atoms with Crippen molar-refractivity contribution in [2.75, 3.05) is 138 Å². The molecule has 4 atom stereocenters. The number of esters is 9. The number of hydrogen-bond acceptors (Lipinski definition) is 28. The first-order valence-electron chi connectivity index (χ1n) is 43.0. The lowest BCUT2D eigenvalue weighted by Gasteiger charge is -2.30. The smallest absolute Gasteiger partial charge is 0.345 e. The number of benzene rings is 5. The molecule has 44 heteroatoms. The fourth-order valence-electron chi connectivity index (χ4n) is 9.68. The van der Waals surface area contributed by atoms with Gasteiger partial charge in [0.1, 0.15) is 65.8 Å². The van der Waals surface area contributed by atoms with E-state index in [2.05, 4.69) is 358 Å². The lowest BCUT2D eigenvalue weighted by molar-refractivity contribution is -0.155. The number of alkyl halides is 16. The second-order valence-electron chi connectivity index (χ2n) is 29.1. The summed E-state index contributed by atoms with van der Waals surface area (Å²) in [6, 6.07) is 50.8. The molecule has 0 fully saturated rings. The zero-order chi connectivity index (χ0) is 103. The van der Waals surface area contributed by atoms with Gasteiger partial charge in [0.05, 0.1) is 19.8 Å². The minimum Gasteiger partial charge on any atom is -0.465 e. The Morgan fingerprint density at radius 2 is 0.726 bits per heavy atom. The van der Waals surface area contributed by atoms with Gasteiger partial charge in [0.2, 0.25) is 2.14 Å². The fourth-order valence-corrected chi connectivity index (χ4v) is 12.3. The second-order valence-corrected chi connectivity index (χ2v) is 54.4. The van der Waals surface area contributed by atoms with E-state index >= 15 is 0 Å². The maximum absolute atomic E-state index is 11.9. The molecule has 135 heavy (non-hydrogen) atoms. The molecular weight excluding hydrogens is 2800 g/mol. The summed E-state index contributed by atoms with van der Waals surface area (Å²) in [6.45, 7) is 33.1. The molecule has 0 aliphatic carbocycles. The van der Waals surface area contributed by atoms with Crippen LogP contribution in [0, 0.1) is 0 Å². The van der Waals surface area contributed by atoms with Crippen LogP contribution in [0.25, 0.3) is 0 Å². The van der Waals surface area contributed by atoms with E-state index in [1.807, 2.05) is 115 Å². The minimum atomic E-state index is -0.990. The van der Waals surface area contributed by atoms with Crippen LogP contribution in [-0.4, -0.2) is 256 Å². The second kappa shape index (κ2) is 90.2.